The number of benzene rings is 1. The zero-order valence-electron chi connectivity index (χ0n) is 14.7. The van der Waals surface area contributed by atoms with Crippen LogP contribution in [0.15, 0.2) is 45.5 Å². The molecule has 0 atom stereocenters. The molecule has 10 heteroatoms. The Balaban J connectivity index is 2.07. The van der Waals surface area contributed by atoms with Crippen LogP contribution in [0.3, 0.4) is 0 Å². The van der Waals surface area contributed by atoms with Crippen LogP contribution in [0.5, 0.6) is 11.5 Å². The van der Waals surface area contributed by atoms with Gasteiger partial charge in [-0.25, -0.2) is 10.2 Å². The Morgan fingerprint density at radius 1 is 1.26 bits per heavy atom. The lowest BCUT2D eigenvalue weighted by Gasteiger charge is -2.06. The molecule has 27 heavy (non-hydrogen) atoms. The van der Waals surface area contributed by atoms with Gasteiger partial charge in [0.15, 0.2) is 11.2 Å². The van der Waals surface area contributed by atoms with Crippen LogP contribution in [0.2, 0.25) is 0 Å². The Morgan fingerprint density at radius 2 is 2.00 bits per heavy atom. The number of aromatic nitrogens is 4. The molecule has 3 rings (SSSR count). The highest BCUT2D eigenvalue weighted by Gasteiger charge is 2.18. The van der Waals surface area contributed by atoms with Crippen molar-refractivity contribution >= 4 is 23.3 Å². The standard InChI is InChI=1S/C17H18N6O4/c1-4-7-23-13-14(21(2)17(27)22(3)15(13)26)19-16(23)20-18-9-10-5-6-11(24)8-12(10)25/h4-6,8-9,24-25H,1,7H2,2-3H3,(H,19,20)/b18-9-. The van der Waals surface area contributed by atoms with E-state index in [4.69, 9.17) is 0 Å². The predicted molar refractivity (Wildman–Crippen MR) is 101 cm³/mol. The van der Waals surface area contributed by atoms with E-state index in [9.17, 15) is 19.8 Å². The molecule has 0 saturated carbocycles. The van der Waals surface area contributed by atoms with E-state index in [-0.39, 0.29) is 35.2 Å². The van der Waals surface area contributed by atoms with Crippen molar-refractivity contribution in [2.45, 2.75) is 6.54 Å². The Hall–Kier alpha value is -3.82. The zero-order valence-corrected chi connectivity index (χ0v) is 14.7. The molecule has 2 heterocycles. The molecule has 0 radical (unpaired) electrons. The van der Waals surface area contributed by atoms with E-state index >= 15 is 0 Å². The van der Waals surface area contributed by atoms with Gasteiger partial charge in [0, 0.05) is 32.3 Å². The highest BCUT2D eigenvalue weighted by molar-refractivity contribution is 5.84. The fourth-order valence-corrected chi connectivity index (χ4v) is 2.64. The average molecular weight is 370 g/mol. The summed E-state index contributed by atoms with van der Waals surface area (Å²) in [6.45, 7) is 3.94. The summed E-state index contributed by atoms with van der Waals surface area (Å²) in [6.07, 6.45) is 2.93. The summed E-state index contributed by atoms with van der Waals surface area (Å²) in [5.41, 5.74) is 2.57. The first-order valence-corrected chi connectivity index (χ1v) is 7.93. The van der Waals surface area contributed by atoms with Crippen molar-refractivity contribution in [1.29, 1.82) is 0 Å². The van der Waals surface area contributed by atoms with E-state index in [0.29, 0.717) is 5.56 Å². The molecule has 0 fully saturated rings. The summed E-state index contributed by atoms with van der Waals surface area (Å²) in [7, 11) is 2.92. The Labute approximate surface area is 152 Å². The summed E-state index contributed by atoms with van der Waals surface area (Å²) in [5.74, 6) is 0.0243. The first kappa shape index (κ1) is 18.0. The number of phenolic OH excluding ortho intramolecular Hbond substituents is 2. The van der Waals surface area contributed by atoms with Gasteiger partial charge >= 0.3 is 5.69 Å². The van der Waals surface area contributed by atoms with E-state index in [2.05, 4.69) is 22.1 Å². The van der Waals surface area contributed by atoms with Crippen LogP contribution < -0.4 is 16.7 Å². The minimum atomic E-state index is -0.486. The van der Waals surface area contributed by atoms with Crippen LogP contribution >= 0.6 is 0 Å². The molecule has 3 aromatic rings. The largest absolute Gasteiger partial charge is 0.508 e. The monoisotopic (exact) mass is 370 g/mol. The van der Waals surface area contributed by atoms with Crippen molar-refractivity contribution < 1.29 is 10.2 Å². The predicted octanol–water partition coefficient (Wildman–Crippen LogP) is 0.477. The van der Waals surface area contributed by atoms with Gasteiger partial charge in [-0.1, -0.05) is 6.08 Å². The highest BCUT2D eigenvalue weighted by atomic mass is 16.3. The quantitative estimate of drug-likeness (QED) is 0.341. The number of aromatic hydroxyl groups is 2. The van der Waals surface area contributed by atoms with Crippen LogP contribution in [-0.4, -0.2) is 35.1 Å². The van der Waals surface area contributed by atoms with Gasteiger partial charge in [0.2, 0.25) is 5.95 Å². The molecule has 0 aliphatic carbocycles. The number of hydrazone groups is 1. The molecule has 10 nitrogen and oxygen atoms in total. The molecule has 1 aromatic carbocycles. The van der Waals surface area contributed by atoms with Crippen LogP contribution in [0.4, 0.5) is 5.95 Å². The van der Waals surface area contributed by atoms with E-state index in [1.165, 1.54) is 43.1 Å². The summed E-state index contributed by atoms with van der Waals surface area (Å²) >= 11 is 0. The summed E-state index contributed by atoms with van der Waals surface area (Å²) in [4.78, 5) is 28.9. The van der Waals surface area contributed by atoms with E-state index in [1.54, 1.807) is 10.6 Å². The number of rotatable bonds is 5. The highest BCUT2D eigenvalue weighted by Crippen LogP contribution is 2.21. The number of phenols is 2. The molecule has 2 aromatic heterocycles. The van der Waals surface area contributed by atoms with Crippen LogP contribution in [0, 0.1) is 0 Å². The summed E-state index contributed by atoms with van der Waals surface area (Å²) in [6, 6.07) is 4.09. The third-order valence-electron chi connectivity index (χ3n) is 4.04. The third-order valence-corrected chi connectivity index (χ3v) is 4.04. The maximum Gasteiger partial charge on any atom is 0.332 e. The van der Waals surface area contributed by atoms with Crippen molar-refractivity contribution in [3.05, 3.63) is 57.3 Å². The van der Waals surface area contributed by atoms with Crippen molar-refractivity contribution in [2.75, 3.05) is 5.43 Å². The fourth-order valence-electron chi connectivity index (χ4n) is 2.64. The molecule has 0 saturated heterocycles. The number of nitrogens with one attached hydrogen (secondary N) is 1. The lowest BCUT2D eigenvalue weighted by Crippen LogP contribution is -2.37. The fraction of sp³-hybridized carbons (Fsp3) is 0.176. The van der Waals surface area contributed by atoms with Gasteiger partial charge in [-0.05, 0) is 12.1 Å². The van der Waals surface area contributed by atoms with Gasteiger partial charge in [-0.2, -0.15) is 10.1 Å². The Kier molecular flexibility index (Phi) is 4.55. The normalized spacial score (nSPS) is 11.3. The molecule has 0 aliphatic rings. The van der Waals surface area contributed by atoms with Crippen LogP contribution in [0.1, 0.15) is 5.56 Å². The van der Waals surface area contributed by atoms with Gasteiger partial charge in [0.05, 0.1) is 6.21 Å². The topological polar surface area (TPSA) is 127 Å². The van der Waals surface area contributed by atoms with Gasteiger partial charge in [0.1, 0.15) is 11.5 Å². The molecule has 0 aliphatic heterocycles. The lowest BCUT2D eigenvalue weighted by atomic mass is 10.2. The van der Waals surface area contributed by atoms with Crippen molar-refractivity contribution in [2.24, 2.45) is 19.2 Å². The number of anilines is 1. The van der Waals surface area contributed by atoms with Crippen LogP contribution in [-0.2, 0) is 20.6 Å². The van der Waals surface area contributed by atoms with Gasteiger partial charge in [0.25, 0.3) is 5.56 Å². The minimum absolute atomic E-state index is 0.0675. The number of fused-ring (bicyclic) bond motifs is 1. The minimum Gasteiger partial charge on any atom is -0.508 e. The smallest absolute Gasteiger partial charge is 0.332 e. The third kappa shape index (κ3) is 3.08. The SMILES string of the molecule is C=CCn1c(N/N=C\c2ccc(O)cc2O)nc2c1c(=O)n(C)c(=O)n2C. The van der Waals surface area contributed by atoms with Crippen molar-refractivity contribution in [3.8, 4) is 11.5 Å². The number of allylic oxidation sites excluding steroid dienone is 1. The maximum atomic E-state index is 12.5. The van der Waals surface area contributed by atoms with Gasteiger partial charge in [-0.3, -0.25) is 18.5 Å². The number of hydrogen-bond acceptors (Lipinski definition) is 7. The number of hydrogen-bond donors (Lipinski definition) is 3. The summed E-state index contributed by atoms with van der Waals surface area (Å²) < 4.78 is 3.83. The lowest BCUT2D eigenvalue weighted by molar-refractivity contribution is 0.450. The Bertz CT molecular complexity index is 1180. The Morgan fingerprint density at radius 3 is 2.67 bits per heavy atom. The van der Waals surface area contributed by atoms with E-state index < -0.39 is 11.2 Å². The first-order valence-electron chi connectivity index (χ1n) is 7.93. The van der Waals surface area contributed by atoms with Crippen LogP contribution in [0.25, 0.3) is 11.2 Å². The molecular weight excluding hydrogens is 352 g/mol. The molecule has 0 spiro atoms. The van der Waals surface area contributed by atoms with Gasteiger partial charge < -0.3 is 10.2 Å². The van der Waals surface area contributed by atoms with Crippen molar-refractivity contribution in [3.63, 3.8) is 0 Å². The number of aryl methyl sites for hydroxylation is 1. The molecular formula is C17H18N6O4. The first-order chi connectivity index (χ1) is 12.8. The second-order valence-corrected chi connectivity index (χ2v) is 5.83. The van der Waals surface area contributed by atoms with E-state index in [1.807, 2.05) is 0 Å². The molecule has 0 bridgehead atoms. The van der Waals surface area contributed by atoms with Crippen molar-refractivity contribution in [1.82, 2.24) is 18.7 Å². The zero-order chi connectivity index (χ0) is 19.7. The second kappa shape index (κ2) is 6.83. The number of nitrogens with zero attached hydrogens (tertiary/aromatic N) is 5. The maximum absolute atomic E-state index is 12.5. The number of imidazole rings is 1. The molecule has 0 amide bonds. The summed E-state index contributed by atoms with van der Waals surface area (Å²) in [5, 5.41) is 23.1. The van der Waals surface area contributed by atoms with Gasteiger partial charge in [-0.15, -0.1) is 6.58 Å². The van der Waals surface area contributed by atoms with E-state index in [0.717, 1.165) is 4.57 Å². The second-order valence-electron chi connectivity index (χ2n) is 5.83. The molecule has 0 unspecified atom stereocenters. The molecule has 3 N–H and O–H groups in total. The average Bonchev–Trinajstić information content (AvgIpc) is 2.99. The molecule has 140 valence electrons.